The van der Waals surface area contributed by atoms with Crippen LogP contribution < -0.4 is 5.73 Å². The van der Waals surface area contributed by atoms with Crippen molar-refractivity contribution >= 4 is 17.7 Å². The standard InChI is InChI=1S/C20H25N3OS/c21-20(23-9-11-25-12-10-23)22-14-18-7-4-8-19(13-18)16-24-15-17-5-2-1-3-6-17/h1-8,13H,9-12,14-16H2,(H2,21,22). The van der Waals surface area contributed by atoms with Crippen LogP contribution >= 0.6 is 11.8 Å². The zero-order valence-electron chi connectivity index (χ0n) is 14.4. The van der Waals surface area contributed by atoms with E-state index in [1.807, 2.05) is 30.0 Å². The highest BCUT2D eigenvalue weighted by atomic mass is 32.2. The van der Waals surface area contributed by atoms with Gasteiger partial charge in [0.05, 0.1) is 19.8 Å². The minimum Gasteiger partial charge on any atom is -0.372 e. The van der Waals surface area contributed by atoms with Crippen LogP contribution in [0.2, 0.25) is 0 Å². The van der Waals surface area contributed by atoms with E-state index in [4.69, 9.17) is 10.5 Å². The van der Waals surface area contributed by atoms with Crippen LogP contribution in [0.5, 0.6) is 0 Å². The third-order valence-corrected chi connectivity index (χ3v) is 5.07. The molecule has 1 heterocycles. The first-order chi connectivity index (χ1) is 12.3. The molecule has 25 heavy (non-hydrogen) atoms. The molecular weight excluding hydrogens is 330 g/mol. The Bertz CT molecular complexity index is 684. The Labute approximate surface area is 154 Å². The Balaban J connectivity index is 1.50. The SMILES string of the molecule is NC(=NCc1cccc(COCc2ccccc2)c1)N1CCSCC1. The molecule has 1 saturated heterocycles. The van der Waals surface area contributed by atoms with Crippen LogP contribution in [-0.4, -0.2) is 35.5 Å². The van der Waals surface area contributed by atoms with Gasteiger partial charge in [-0.25, -0.2) is 4.99 Å². The third kappa shape index (κ3) is 5.80. The first kappa shape index (κ1) is 17.8. The largest absolute Gasteiger partial charge is 0.372 e. The predicted molar refractivity (Wildman–Crippen MR) is 106 cm³/mol. The van der Waals surface area contributed by atoms with Crippen LogP contribution in [0.4, 0.5) is 0 Å². The molecule has 0 aromatic heterocycles. The van der Waals surface area contributed by atoms with E-state index < -0.39 is 0 Å². The summed E-state index contributed by atoms with van der Waals surface area (Å²) in [6.07, 6.45) is 0. The second-order valence-corrected chi connectivity index (χ2v) is 7.30. The summed E-state index contributed by atoms with van der Waals surface area (Å²) >= 11 is 1.97. The smallest absolute Gasteiger partial charge is 0.191 e. The maximum atomic E-state index is 6.12. The monoisotopic (exact) mass is 355 g/mol. The summed E-state index contributed by atoms with van der Waals surface area (Å²) in [6, 6.07) is 18.6. The fourth-order valence-corrected chi connectivity index (χ4v) is 3.65. The Morgan fingerprint density at radius 1 is 0.960 bits per heavy atom. The van der Waals surface area contributed by atoms with Crippen molar-refractivity contribution in [1.29, 1.82) is 0 Å². The first-order valence-corrected chi connectivity index (χ1v) is 9.79. The van der Waals surface area contributed by atoms with Gasteiger partial charge in [0.15, 0.2) is 5.96 Å². The van der Waals surface area contributed by atoms with Crippen molar-refractivity contribution in [3.63, 3.8) is 0 Å². The molecule has 0 radical (unpaired) electrons. The van der Waals surface area contributed by atoms with Gasteiger partial charge in [0.25, 0.3) is 0 Å². The first-order valence-electron chi connectivity index (χ1n) is 8.63. The molecule has 1 fully saturated rings. The molecule has 0 amide bonds. The van der Waals surface area contributed by atoms with Gasteiger partial charge in [-0.15, -0.1) is 0 Å². The van der Waals surface area contributed by atoms with E-state index >= 15 is 0 Å². The van der Waals surface area contributed by atoms with E-state index in [0.29, 0.717) is 25.7 Å². The van der Waals surface area contributed by atoms with Gasteiger partial charge in [0.2, 0.25) is 0 Å². The van der Waals surface area contributed by atoms with Gasteiger partial charge >= 0.3 is 0 Å². The average Bonchev–Trinajstić information content (AvgIpc) is 2.68. The summed E-state index contributed by atoms with van der Waals surface area (Å²) in [5.74, 6) is 2.92. The highest BCUT2D eigenvalue weighted by molar-refractivity contribution is 7.99. The predicted octanol–water partition coefficient (Wildman–Crippen LogP) is 3.27. The van der Waals surface area contributed by atoms with Crippen molar-refractivity contribution in [3.05, 3.63) is 71.3 Å². The molecule has 2 aromatic rings. The number of guanidine groups is 1. The Morgan fingerprint density at radius 2 is 1.64 bits per heavy atom. The van der Waals surface area contributed by atoms with Crippen LogP contribution in [0, 0.1) is 0 Å². The van der Waals surface area contributed by atoms with Crippen molar-refractivity contribution in [2.45, 2.75) is 19.8 Å². The Morgan fingerprint density at radius 3 is 2.44 bits per heavy atom. The second-order valence-electron chi connectivity index (χ2n) is 6.07. The molecule has 5 heteroatoms. The molecule has 1 aliphatic heterocycles. The molecule has 132 valence electrons. The van der Waals surface area contributed by atoms with Crippen molar-refractivity contribution in [2.75, 3.05) is 24.6 Å². The highest BCUT2D eigenvalue weighted by Crippen LogP contribution is 2.11. The zero-order chi connectivity index (χ0) is 17.3. The van der Waals surface area contributed by atoms with Crippen molar-refractivity contribution in [3.8, 4) is 0 Å². The molecule has 1 aliphatic rings. The molecule has 0 atom stereocenters. The second kappa shape index (κ2) is 9.49. The van der Waals surface area contributed by atoms with Gasteiger partial charge in [-0.1, -0.05) is 54.6 Å². The topological polar surface area (TPSA) is 50.9 Å². The summed E-state index contributed by atoms with van der Waals surface area (Å²) in [5.41, 5.74) is 9.64. The summed E-state index contributed by atoms with van der Waals surface area (Å²) in [5, 5.41) is 0. The number of hydrogen-bond donors (Lipinski definition) is 1. The summed E-state index contributed by atoms with van der Waals surface area (Å²) in [7, 11) is 0. The molecule has 2 N–H and O–H groups in total. The zero-order valence-corrected chi connectivity index (χ0v) is 15.3. The van der Waals surface area contributed by atoms with Crippen LogP contribution in [0.1, 0.15) is 16.7 Å². The quantitative estimate of drug-likeness (QED) is 0.638. The normalized spacial score (nSPS) is 15.4. The average molecular weight is 356 g/mol. The maximum absolute atomic E-state index is 6.12. The highest BCUT2D eigenvalue weighted by Gasteiger charge is 2.11. The number of aliphatic imine (C=N–C) groups is 1. The minimum atomic E-state index is 0.602. The van der Waals surface area contributed by atoms with Gasteiger partial charge < -0.3 is 15.4 Å². The number of nitrogens with zero attached hydrogens (tertiary/aromatic N) is 2. The lowest BCUT2D eigenvalue weighted by Crippen LogP contribution is -2.42. The summed E-state index contributed by atoms with van der Waals surface area (Å²) < 4.78 is 5.81. The van der Waals surface area contributed by atoms with E-state index in [-0.39, 0.29) is 0 Å². The lowest BCUT2D eigenvalue weighted by atomic mass is 10.1. The Kier molecular flexibility index (Phi) is 6.77. The Hall–Kier alpha value is -1.98. The van der Waals surface area contributed by atoms with Crippen molar-refractivity contribution in [2.24, 2.45) is 10.7 Å². The van der Waals surface area contributed by atoms with E-state index in [9.17, 15) is 0 Å². The lowest BCUT2D eigenvalue weighted by molar-refractivity contribution is 0.107. The molecule has 2 aromatic carbocycles. The fourth-order valence-electron chi connectivity index (χ4n) is 2.74. The van der Waals surface area contributed by atoms with Gasteiger partial charge in [-0.2, -0.15) is 11.8 Å². The fraction of sp³-hybridized carbons (Fsp3) is 0.350. The van der Waals surface area contributed by atoms with Gasteiger partial charge in [-0.3, -0.25) is 0 Å². The number of rotatable bonds is 6. The summed E-state index contributed by atoms with van der Waals surface area (Å²) in [6.45, 7) is 3.83. The van der Waals surface area contributed by atoms with E-state index in [2.05, 4.69) is 46.3 Å². The number of ether oxygens (including phenoxy) is 1. The van der Waals surface area contributed by atoms with Crippen LogP contribution in [0.3, 0.4) is 0 Å². The van der Waals surface area contributed by atoms with E-state index in [1.54, 1.807) is 0 Å². The van der Waals surface area contributed by atoms with Crippen molar-refractivity contribution < 1.29 is 4.74 Å². The number of nitrogens with two attached hydrogens (primary N) is 1. The van der Waals surface area contributed by atoms with Gasteiger partial charge in [0, 0.05) is 24.6 Å². The third-order valence-electron chi connectivity index (χ3n) is 4.13. The molecule has 0 aliphatic carbocycles. The number of hydrogen-bond acceptors (Lipinski definition) is 3. The number of thioether (sulfide) groups is 1. The molecule has 4 nitrogen and oxygen atoms in total. The summed E-state index contributed by atoms with van der Waals surface area (Å²) in [4.78, 5) is 6.73. The van der Waals surface area contributed by atoms with Gasteiger partial charge in [-0.05, 0) is 16.7 Å². The maximum Gasteiger partial charge on any atom is 0.191 e. The van der Waals surface area contributed by atoms with Crippen molar-refractivity contribution in [1.82, 2.24) is 4.90 Å². The van der Waals surface area contributed by atoms with E-state index in [1.165, 1.54) is 5.56 Å². The van der Waals surface area contributed by atoms with Crippen LogP contribution in [0.15, 0.2) is 59.6 Å². The lowest BCUT2D eigenvalue weighted by Gasteiger charge is -2.27. The molecular formula is C20H25N3OS. The van der Waals surface area contributed by atoms with Crippen LogP contribution in [-0.2, 0) is 24.5 Å². The molecule has 0 saturated carbocycles. The number of benzene rings is 2. The minimum absolute atomic E-state index is 0.602. The van der Waals surface area contributed by atoms with Gasteiger partial charge in [0.1, 0.15) is 0 Å². The molecule has 0 unspecified atom stereocenters. The van der Waals surface area contributed by atoms with E-state index in [0.717, 1.165) is 35.7 Å². The molecule has 0 spiro atoms. The van der Waals surface area contributed by atoms with Crippen LogP contribution in [0.25, 0.3) is 0 Å². The molecule has 3 rings (SSSR count). The molecule has 0 bridgehead atoms.